The summed E-state index contributed by atoms with van der Waals surface area (Å²) in [4.78, 5) is 11.1. The predicted octanol–water partition coefficient (Wildman–Crippen LogP) is 6.14. The summed E-state index contributed by atoms with van der Waals surface area (Å²) in [5.74, 6) is 4.55. The molecule has 0 aromatic heterocycles. The van der Waals surface area contributed by atoms with Gasteiger partial charge < -0.3 is 10.2 Å². The highest BCUT2D eigenvalue weighted by Gasteiger charge is 2.60. The SMILES string of the molecule is CC(CCC(=O)O)C1CCC2C3CC[C@@H]4C[C@H](C(C)O)CC[C@]4(C)C3CC[C@]12C. The quantitative estimate of drug-likeness (QED) is 0.578. The van der Waals surface area contributed by atoms with E-state index >= 15 is 0 Å². The number of carbonyl (C=O) groups is 1. The highest BCUT2D eigenvalue weighted by Crippen LogP contribution is 2.68. The van der Waals surface area contributed by atoms with Gasteiger partial charge >= 0.3 is 5.97 Å². The molecule has 4 rings (SSSR count). The molecule has 10 atom stereocenters. The van der Waals surface area contributed by atoms with Gasteiger partial charge in [0.25, 0.3) is 0 Å². The van der Waals surface area contributed by atoms with Crippen molar-refractivity contribution in [2.24, 2.45) is 52.3 Å². The highest BCUT2D eigenvalue weighted by atomic mass is 16.4. The molecule has 166 valence electrons. The lowest BCUT2D eigenvalue weighted by atomic mass is 9.44. The van der Waals surface area contributed by atoms with E-state index in [1.54, 1.807) is 0 Å². The molecule has 29 heavy (non-hydrogen) atoms. The van der Waals surface area contributed by atoms with E-state index in [1.807, 2.05) is 6.92 Å². The molecule has 0 aromatic rings. The van der Waals surface area contributed by atoms with E-state index < -0.39 is 5.97 Å². The number of aliphatic carboxylic acids is 1. The standard InChI is InChI=1S/C26H44O3/c1-16(5-10-24(28)29)21-8-9-22-20-7-6-19-15-18(17(2)27)11-13-25(19,3)23(20)12-14-26(21,22)4/h16-23,27H,5-15H2,1-4H3,(H,28,29)/t16?,17?,18-,19-,20?,21?,22?,23?,25+,26-/m1/s1. The number of hydrogen-bond acceptors (Lipinski definition) is 2. The maximum atomic E-state index is 11.1. The molecule has 4 fully saturated rings. The fourth-order valence-electron chi connectivity index (χ4n) is 9.26. The Bertz CT molecular complexity index is 615. The lowest BCUT2D eigenvalue weighted by Crippen LogP contribution is -2.54. The van der Waals surface area contributed by atoms with Crippen molar-refractivity contribution in [3.63, 3.8) is 0 Å². The van der Waals surface area contributed by atoms with Crippen LogP contribution in [0.25, 0.3) is 0 Å². The van der Waals surface area contributed by atoms with Crippen molar-refractivity contribution in [2.75, 3.05) is 0 Å². The van der Waals surface area contributed by atoms with Crippen LogP contribution in [0.15, 0.2) is 0 Å². The van der Waals surface area contributed by atoms with Gasteiger partial charge in [0, 0.05) is 6.42 Å². The van der Waals surface area contributed by atoms with Crippen LogP contribution in [0, 0.1) is 52.3 Å². The van der Waals surface area contributed by atoms with Gasteiger partial charge in [0.2, 0.25) is 0 Å². The van der Waals surface area contributed by atoms with E-state index in [0.717, 1.165) is 30.1 Å². The smallest absolute Gasteiger partial charge is 0.303 e. The topological polar surface area (TPSA) is 57.5 Å². The zero-order valence-corrected chi connectivity index (χ0v) is 19.2. The highest BCUT2D eigenvalue weighted by molar-refractivity contribution is 5.66. The number of fused-ring (bicyclic) bond motifs is 5. The summed E-state index contributed by atoms with van der Waals surface area (Å²) in [5, 5.41) is 19.3. The molecule has 0 radical (unpaired) electrons. The largest absolute Gasteiger partial charge is 0.481 e. The minimum Gasteiger partial charge on any atom is -0.481 e. The van der Waals surface area contributed by atoms with Crippen molar-refractivity contribution < 1.29 is 15.0 Å². The summed E-state index contributed by atoms with van der Waals surface area (Å²) in [7, 11) is 0. The minimum absolute atomic E-state index is 0.144. The first-order valence-electron chi connectivity index (χ1n) is 12.6. The second-order valence-electron chi connectivity index (χ2n) is 12.1. The number of rotatable bonds is 5. The molecule has 3 nitrogen and oxygen atoms in total. The third-order valence-corrected chi connectivity index (χ3v) is 11.0. The second kappa shape index (κ2) is 7.84. The van der Waals surface area contributed by atoms with Crippen LogP contribution in [0.3, 0.4) is 0 Å². The van der Waals surface area contributed by atoms with Crippen molar-refractivity contribution in [1.29, 1.82) is 0 Å². The van der Waals surface area contributed by atoms with Gasteiger partial charge in [-0.1, -0.05) is 20.8 Å². The average molecular weight is 405 g/mol. The lowest BCUT2D eigenvalue weighted by Gasteiger charge is -2.61. The summed E-state index contributed by atoms with van der Waals surface area (Å²) in [6.45, 7) is 9.50. The third-order valence-electron chi connectivity index (χ3n) is 11.0. The summed E-state index contributed by atoms with van der Waals surface area (Å²) < 4.78 is 0. The van der Waals surface area contributed by atoms with E-state index in [2.05, 4.69) is 20.8 Å². The van der Waals surface area contributed by atoms with Crippen LogP contribution in [0.2, 0.25) is 0 Å². The van der Waals surface area contributed by atoms with Crippen molar-refractivity contribution in [3.8, 4) is 0 Å². The fraction of sp³-hybridized carbons (Fsp3) is 0.962. The van der Waals surface area contributed by atoms with E-state index in [0.29, 0.717) is 35.0 Å². The first-order chi connectivity index (χ1) is 13.7. The number of aliphatic hydroxyl groups is 1. The molecule has 2 N–H and O–H groups in total. The minimum atomic E-state index is -0.640. The fourth-order valence-corrected chi connectivity index (χ4v) is 9.26. The van der Waals surface area contributed by atoms with E-state index in [1.165, 1.54) is 57.8 Å². The molecular formula is C26H44O3. The normalized spacial score (nSPS) is 48.9. The molecule has 4 aliphatic carbocycles. The van der Waals surface area contributed by atoms with Crippen molar-refractivity contribution in [1.82, 2.24) is 0 Å². The Morgan fingerprint density at radius 1 is 0.966 bits per heavy atom. The number of carboxylic acid groups (broad SMARTS) is 1. The van der Waals surface area contributed by atoms with Crippen LogP contribution in [-0.2, 0) is 4.79 Å². The average Bonchev–Trinajstić information content (AvgIpc) is 3.02. The van der Waals surface area contributed by atoms with Crippen LogP contribution in [0.4, 0.5) is 0 Å². The second-order valence-corrected chi connectivity index (χ2v) is 12.1. The zero-order valence-electron chi connectivity index (χ0n) is 19.2. The van der Waals surface area contributed by atoms with Gasteiger partial charge in [-0.15, -0.1) is 0 Å². The van der Waals surface area contributed by atoms with Crippen molar-refractivity contribution in [2.45, 2.75) is 104 Å². The van der Waals surface area contributed by atoms with Crippen LogP contribution in [0.5, 0.6) is 0 Å². The van der Waals surface area contributed by atoms with Gasteiger partial charge in [-0.2, -0.15) is 0 Å². The molecule has 3 heteroatoms. The summed E-state index contributed by atoms with van der Waals surface area (Å²) >= 11 is 0. The summed E-state index contributed by atoms with van der Waals surface area (Å²) in [5.41, 5.74) is 0.918. The maximum Gasteiger partial charge on any atom is 0.303 e. The third kappa shape index (κ3) is 3.58. The van der Waals surface area contributed by atoms with Crippen molar-refractivity contribution in [3.05, 3.63) is 0 Å². The lowest BCUT2D eigenvalue weighted by molar-refractivity contribution is -0.138. The van der Waals surface area contributed by atoms with E-state index in [4.69, 9.17) is 5.11 Å². The van der Waals surface area contributed by atoms with Crippen LogP contribution in [0.1, 0.15) is 98.3 Å². The Kier molecular flexibility index (Phi) is 5.86. The van der Waals surface area contributed by atoms with E-state index in [9.17, 15) is 9.90 Å². The Balaban J connectivity index is 1.49. The summed E-state index contributed by atoms with van der Waals surface area (Å²) in [6, 6.07) is 0. The Hall–Kier alpha value is -0.570. The molecule has 6 unspecified atom stereocenters. The first kappa shape index (κ1) is 21.7. The molecular weight excluding hydrogens is 360 g/mol. The molecule has 4 aliphatic rings. The first-order valence-corrected chi connectivity index (χ1v) is 12.6. The summed E-state index contributed by atoms with van der Waals surface area (Å²) in [6.07, 6.45) is 13.0. The maximum absolute atomic E-state index is 11.1. The molecule has 0 aliphatic heterocycles. The number of aliphatic hydroxyl groups excluding tert-OH is 1. The van der Waals surface area contributed by atoms with Crippen LogP contribution >= 0.6 is 0 Å². The number of hydrogen-bond donors (Lipinski definition) is 2. The molecule has 0 saturated heterocycles. The monoisotopic (exact) mass is 404 g/mol. The van der Waals surface area contributed by atoms with Crippen molar-refractivity contribution >= 4 is 5.97 Å². The van der Waals surface area contributed by atoms with Gasteiger partial charge in [0.05, 0.1) is 6.10 Å². The zero-order chi connectivity index (χ0) is 21.0. The van der Waals surface area contributed by atoms with Gasteiger partial charge in [-0.05, 0) is 123 Å². The molecule has 0 amide bonds. The molecule has 0 bridgehead atoms. The van der Waals surface area contributed by atoms with Gasteiger partial charge in [0.1, 0.15) is 0 Å². The Morgan fingerprint density at radius 3 is 2.34 bits per heavy atom. The van der Waals surface area contributed by atoms with Crippen LogP contribution in [-0.4, -0.2) is 22.3 Å². The molecule has 0 spiro atoms. The van der Waals surface area contributed by atoms with Crippen LogP contribution < -0.4 is 0 Å². The van der Waals surface area contributed by atoms with Gasteiger partial charge in [-0.3, -0.25) is 4.79 Å². The molecule has 0 heterocycles. The van der Waals surface area contributed by atoms with Gasteiger partial charge in [0.15, 0.2) is 0 Å². The number of carboxylic acids is 1. The van der Waals surface area contributed by atoms with E-state index in [-0.39, 0.29) is 6.10 Å². The Morgan fingerprint density at radius 2 is 1.66 bits per heavy atom. The molecule has 0 aromatic carbocycles. The molecule has 4 saturated carbocycles. The van der Waals surface area contributed by atoms with Gasteiger partial charge in [-0.25, -0.2) is 0 Å². The Labute approximate surface area is 178 Å². The predicted molar refractivity (Wildman–Crippen MR) is 116 cm³/mol.